The normalized spacial score (nSPS) is 13.1. The monoisotopic (exact) mass is 753 g/mol. The molecule has 1 aliphatic carbocycles. The Bertz CT molecular complexity index is 3400. The highest BCUT2D eigenvalue weighted by molar-refractivity contribution is 6.22. The summed E-state index contributed by atoms with van der Waals surface area (Å²) < 4.78 is 6.90. The van der Waals surface area contributed by atoms with Crippen LogP contribution in [0.25, 0.3) is 87.6 Å². The molecular weight excluding hydrogens is 715 g/mol. The van der Waals surface area contributed by atoms with Gasteiger partial charge in [-0.05, 0) is 114 Å². The summed E-state index contributed by atoms with van der Waals surface area (Å²) in [6.07, 6.45) is 0. The Balaban J connectivity index is 1.06. The highest BCUT2D eigenvalue weighted by Crippen LogP contribution is 2.52. The molecule has 0 spiro atoms. The lowest BCUT2D eigenvalue weighted by Gasteiger charge is -2.27. The summed E-state index contributed by atoms with van der Waals surface area (Å²) in [6.45, 7) is 4.73. The maximum Gasteiger partial charge on any atom is 0.143 e. The zero-order valence-electron chi connectivity index (χ0n) is 32.9. The largest absolute Gasteiger partial charge is 0.455 e. The first kappa shape index (κ1) is 33.7. The summed E-state index contributed by atoms with van der Waals surface area (Å²) in [5.74, 6) is 0. The van der Waals surface area contributed by atoms with E-state index in [1.54, 1.807) is 0 Å². The molecule has 1 aromatic heterocycles. The Kier molecular flexibility index (Phi) is 7.31. The molecular formula is C57H39NO. The molecule has 0 amide bonds. The molecule has 0 atom stereocenters. The first-order valence-corrected chi connectivity index (χ1v) is 20.5. The summed E-state index contributed by atoms with van der Waals surface area (Å²) in [5, 5.41) is 9.30. The van der Waals surface area contributed by atoms with Crippen LogP contribution in [0.5, 0.6) is 0 Å². The molecule has 0 radical (unpaired) electrons. The average molecular weight is 754 g/mol. The number of nitrogens with zero attached hydrogens (tertiary/aromatic N) is 1. The van der Waals surface area contributed by atoms with Gasteiger partial charge in [-0.15, -0.1) is 0 Å². The van der Waals surface area contributed by atoms with E-state index in [1.807, 2.05) is 0 Å². The summed E-state index contributed by atoms with van der Waals surface area (Å²) in [6, 6.07) is 73.1. The summed E-state index contributed by atoms with van der Waals surface area (Å²) >= 11 is 0. The highest BCUT2D eigenvalue weighted by Gasteiger charge is 2.37. The van der Waals surface area contributed by atoms with E-state index in [0.29, 0.717) is 0 Å². The zero-order chi connectivity index (χ0) is 39.2. The quantitative estimate of drug-likeness (QED) is 0.174. The number of benzene rings is 10. The van der Waals surface area contributed by atoms with E-state index in [1.165, 1.54) is 71.4 Å². The van der Waals surface area contributed by atoms with Crippen LogP contribution in [-0.2, 0) is 5.41 Å². The van der Waals surface area contributed by atoms with E-state index in [9.17, 15) is 0 Å². The molecule has 2 nitrogen and oxygen atoms in total. The van der Waals surface area contributed by atoms with Gasteiger partial charge in [-0.25, -0.2) is 0 Å². The molecule has 1 aliphatic rings. The van der Waals surface area contributed by atoms with Crippen LogP contribution in [0.1, 0.15) is 25.0 Å². The van der Waals surface area contributed by atoms with Crippen LogP contribution in [0.2, 0.25) is 0 Å². The number of fused-ring (bicyclic) bond motifs is 10. The van der Waals surface area contributed by atoms with Gasteiger partial charge in [0, 0.05) is 27.6 Å². The second-order valence-electron chi connectivity index (χ2n) is 16.5. The number of furan rings is 1. The summed E-state index contributed by atoms with van der Waals surface area (Å²) in [4.78, 5) is 2.40. The number of hydrogen-bond donors (Lipinski definition) is 0. The Hall–Kier alpha value is -7.42. The molecule has 11 aromatic rings. The average Bonchev–Trinajstić information content (AvgIpc) is 3.79. The lowest BCUT2D eigenvalue weighted by molar-refractivity contribution is 0.662. The van der Waals surface area contributed by atoms with Gasteiger partial charge in [0.1, 0.15) is 11.2 Å². The number of anilines is 3. The van der Waals surface area contributed by atoms with E-state index in [-0.39, 0.29) is 5.41 Å². The number of hydrogen-bond acceptors (Lipinski definition) is 2. The lowest BCUT2D eigenvalue weighted by Crippen LogP contribution is -2.16. The first-order chi connectivity index (χ1) is 29.0. The second-order valence-corrected chi connectivity index (χ2v) is 16.5. The van der Waals surface area contributed by atoms with Crippen LogP contribution in [0.4, 0.5) is 17.1 Å². The fourth-order valence-electron chi connectivity index (χ4n) is 10.0. The lowest BCUT2D eigenvalue weighted by atomic mass is 9.79. The molecule has 10 aromatic carbocycles. The molecule has 1 heterocycles. The van der Waals surface area contributed by atoms with E-state index in [4.69, 9.17) is 4.42 Å². The van der Waals surface area contributed by atoms with Gasteiger partial charge in [0.15, 0.2) is 0 Å². The summed E-state index contributed by atoms with van der Waals surface area (Å²) in [5.41, 5.74) is 15.3. The van der Waals surface area contributed by atoms with Crippen molar-refractivity contribution in [1.29, 1.82) is 0 Å². The van der Waals surface area contributed by atoms with E-state index in [2.05, 4.69) is 219 Å². The van der Waals surface area contributed by atoms with Gasteiger partial charge in [0.25, 0.3) is 0 Å². The van der Waals surface area contributed by atoms with Gasteiger partial charge >= 0.3 is 0 Å². The predicted octanol–water partition coefficient (Wildman–Crippen LogP) is 16.2. The van der Waals surface area contributed by atoms with Gasteiger partial charge in [0.05, 0.1) is 11.1 Å². The maximum absolute atomic E-state index is 6.90. The van der Waals surface area contributed by atoms with Crippen molar-refractivity contribution >= 4 is 71.3 Å². The summed E-state index contributed by atoms with van der Waals surface area (Å²) in [7, 11) is 0. The zero-order valence-corrected chi connectivity index (χ0v) is 32.9. The van der Waals surface area contributed by atoms with Crippen LogP contribution in [0, 0.1) is 0 Å². The van der Waals surface area contributed by atoms with Crippen LogP contribution >= 0.6 is 0 Å². The van der Waals surface area contributed by atoms with Crippen molar-refractivity contribution in [3.63, 3.8) is 0 Å². The molecule has 0 bridgehead atoms. The van der Waals surface area contributed by atoms with Crippen LogP contribution in [0.3, 0.4) is 0 Å². The fraction of sp³-hybridized carbons (Fsp3) is 0.0526. The molecule has 12 rings (SSSR count). The van der Waals surface area contributed by atoms with Crippen molar-refractivity contribution in [2.24, 2.45) is 0 Å². The van der Waals surface area contributed by atoms with Gasteiger partial charge in [-0.3, -0.25) is 0 Å². The topological polar surface area (TPSA) is 16.4 Å². The third kappa shape index (κ3) is 5.13. The smallest absolute Gasteiger partial charge is 0.143 e. The highest BCUT2D eigenvalue weighted by atomic mass is 16.3. The van der Waals surface area contributed by atoms with Gasteiger partial charge in [0.2, 0.25) is 0 Å². The van der Waals surface area contributed by atoms with Crippen molar-refractivity contribution in [2.45, 2.75) is 19.3 Å². The van der Waals surface area contributed by atoms with Crippen LogP contribution in [-0.4, -0.2) is 0 Å². The van der Waals surface area contributed by atoms with Crippen molar-refractivity contribution in [3.05, 3.63) is 211 Å². The third-order valence-corrected chi connectivity index (χ3v) is 12.8. The minimum atomic E-state index is -0.0872. The van der Waals surface area contributed by atoms with Gasteiger partial charge in [-0.2, -0.15) is 0 Å². The van der Waals surface area contributed by atoms with E-state index >= 15 is 0 Å². The molecule has 0 unspecified atom stereocenters. The van der Waals surface area contributed by atoms with E-state index < -0.39 is 0 Å². The fourth-order valence-corrected chi connectivity index (χ4v) is 10.0. The van der Waals surface area contributed by atoms with Crippen molar-refractivity contribution in [1.82, 2.24) is 0 Å². The Morgan fingerprint density at radius 1 is 0.407 bits per heavy atom. The van der Waals surface area contributed by atoms with E-state index in [0.717, 1.165) is 44.4 Å². The van der Waals surface area contributed by atoms with Gasteiger partial charge < -0.3 is 9.32 Å². The number of rotatable bonds is 5. The minimum Gasteiger partial charge on any atom is -0.455 e. The second kappa shape index (κ2) is 12.8. The predicted molar refractivity (Wildman–Crippen MR) is 249 cm³/mol. The minimum absolute atomic E-state index is 0.0872. The van der Waals surface area contributed by atoms with Crippen LogP contribution in [0.15, 0.2) is 205 Å². The maximum atomic E-state index is 6.90. The first-order valence-electron chi connectivity index (χ1n) is 20.5. The van der Waals surface area contributed by atoms with Crippen molar-refractivity contribution in [2.75, 3.05) is 4.90 Å². The Labute approximate surface area is 343 Å². The molecule has 2 heteroatoms. The van der Waals surface area contributed by atoms with Crippen LogP contribution < -0.4 is 4.90 Å². The molecule has 0 saturated carbocycles. The van der Waals surface area contributed by atoms with Gasteiger partial charge in [-0.1, -0.05) is 172 Å². The SMILES string of the molecule is CC1(C)c2ccccc2-c2cccc(-c3ccc(-c4cc5c(oc6cccc(N(c7ccc8ccccc8c7)c7ccc8ccccc8c7)c65)c5ccccc45)cc3)c21. The third-order valence-electron chi connectivity index (χ3n) is 12.8. The standard InChI is InChI=1S/C57H39NO/c1-57(2)51-22-10-9-18-46(51)47-21-11-20-44(55(47)57)38-25-27-39(28-26-38)49-35-50-54-52(23-12-24-53(54)59-56(50)48-19-8-7-17-45(48)49)58(42-31-29-36-13-3-5-15-40(36)33-42)43-32-30-37-14-4-6-16-41(37)34-43/h3-35H,1-2H3. The van der Waals surface area contributed by atoms with Crippen molar-refractivity contribution < 1.29 is 4.42 Å². The molecule has 59 heavy (non-hydrogen) atoms. The molecule has 0 aliphatic heterocycles. The molecule has 0 saturated heterocycles. The van der Waals surface area contributed by atoms with Crippen molar-refractivity contribution in [3.8, 4) is 33.4 Å². The Morgan fingerprint density at radius 3 is 1.68 bits per heavy atom. The molecule has 278 valence electrons. The molecule has 0 fully saturated rings. The molecule has 0 N–H and O–H groups in total. The Morgan fingerprint density at radius 2 is 0.966 bits per heavy atom.